The second kappa shape index (κ2) is 5.73. The molecule has 98 valence electrons. The maximum atomic E-state index is 5.59. The van der Waals surface area contributed by atoms with Crippen LogP contribution in [0.25, 0.3) is 0 Å². The van der Waals surface area contributed by atoms with Crippen LogP contribution in [0.1, 0.15) is 24.6 Å². The maximum absolute atomic E-state index is 5.59. The van der Waals surface area contributed by atoms with E-state index < -0.39 is 0 Å². The molecular formula is C13H19N3OS. The molecule has 2 rings (SSSR count). The van der Waals surface area contributed by atoms with E-state index in [2.05, 4.69) is 23.9 Å². The van der Waals surface area contributed by atoms with E-state index in [9.17, 15) is 0 Å². The summed E-state index contributed by atoms with van der Waals surface area (Å²) in [5, 5.41) is 0. The Morgan fingerprint density at radius 3 is 3.06 bits per heavy atom. The van der Waals surface area contributed by atoms with E-state index in [0.717, 1.165) is 19.6 Å². The quantitative estimate of drug-likeness (QED) is 0.832. The van der Waals surface area contributed by atoms with Gasteiger partial charge in [-0.3, -0.25) is 9.88 Å². The third-order valence-corrected chi connectivity index (χ3v) is 3.62. The minimum absolute atomic E-state index is 0.298. The molecule has 1 aromatic heterocycles. The highest BCUT2D eigenvalue weighted by Crippen LogP contribution is 2.20. The van der Waals surface area contributed by atoms with Crippen molar-refractivity contribution in [3.63, 3.8) is 0 Å². The minimum Gasteiger partial charge on any atom is -0.388 e. The van der Waals surface area contributed by atoms with Crippen LogP contribution in [-0.2, 0) is 11.3 Å². The lowest BCUT2D eigenvalue weighted by Crippen LogP contribution is -2.36. The normalized spacial score (nSPS) is 23.5. The number of ether oxygens (including phenoxy) is 1. The monoisotopic (exact) mass is 265 g/mol. The van der Waals surface area contributed by atoms with Crippen molar-refractivity contribution in [2.24, 2.45) is 5.73 Å². The SMILES string of the molecule is CC1OCCC1N(C)Cc1ccnc(C(N)=S)c1. The zero-order valence-corrected chi connectivity index (χ0v) is 11.6. The van der Waals surface area contributed by atoms with Gasteiger partial charge in [-0.05, 0) is 38.1 Å². The molecule has 0 spiro atoms. The fourth-order valence-electron chi connectivity index (χ4n) is 2.41. The molecule has 0 amide bonds. The molecule has 2 N–H and O–H groups in total. The van der Waals surface area contributed by atoms with Crippen LogP contribution in [0.5, 0.6) is 0 Å². The van der Waals surface area contributed by atoms with Crippen LogP contribution >= 0.6 is 12.2 Å². The summed E-state index contributed by atoms with van der Waals surface area (Å²) >= 11 is 4.94. The van der Waals surface area contributed by atoms with Gasteiger partial charge in [-0.2, -0.15) is 0 Å². The van der Waals surface area contributed by atoms with Crippen molar-refractivity contribution >= 4 is 17.2 Å². The van der Waals surface area contributed by atoms with Gasteiger partial charge < -0.3 is 10.5 Å². The molecule has 4 nitrogen and oxygen atoms in total. The van der Waals surface area contributed by atoms with Crippen molar-refractivity contribution in [1.82, 2.24) is 9.88 Å². The summed E-state index contributed by atoms with van der Waals surface area (Å²) < 4.78 is 5.59. The van der Waals surface area contributed by atoms with E-state index in [1.54, 1.807) is 6.20 Å². The van der Waals surface area contributed by atoms with Gasteiger partial charge in [-0.25, -0.2) is 0 Å². The molecular weight excluding hydrogens is 246 g/mol. The molecule has 5 heteroatoms. The Kier molecular flexibility index (Phi) is 4.27. The predicted molar refractivity (Wildman–Crippen MR) is 75.4 cm³/mol. The zero-order chi connectivity index (χ0) is 13.1. The highest BCUT2D eigenvalue weighted by atomic mass is 32.1. The van der Waals surface area contributed by atoms with E-state index in [-0.39, 0.29) is 0 Å². The van der Waals surface area contributed by atoms with E-state index in [1.165, 1.54) is 5.56 Å². The lowest BCUT2D eigenvalue weighted by atomic mass is 10.1. The third-order valence-electron chi connectivity index (χ3n) is 3.41. The Morgan fingerprint density at radius 1 is 1.67 bits per heavy atom. The van der Waals surface area contributed by atoms with E-state index in [4.69, 9.17) is 22.7 Å². The lowest BCUT2D eigenvalue weighted by molar-refractivity contribution is 0.0814. The molecule has 2 heterocycles. The summed E-state index contributed by atoms with van der Waals surface area (Å²) in [6, 6.07) is 4.43. The van der Waals surface area contributed by atoms with Gasteiger partial charge >= 0.3 is 0 Å². The van der Waals surface area contributed by atoms with Gasteiger partial charge in [-0.1, -0.05) is 12.2 Å². The second-order valence-electron chi connectivity index (χ2n) is 4.76. The van der Waals surface area contributed by atoms with Gasteiger partial charge in [0.2, 0.25) is 0 Å². The van der Waals surface area contributed by atoms with E-state index >= 15 is 0 Å². The van der Waals surface area contributed by atoms with E-state index in [0.29, 0.717) is 22.8 Å². The van der Waals surface area contributed by atoms with Gasteiger partial charge in [0, 0.05) is 25.4 Å². The summed E-state index contributed by atoms with van der Waals surface area (Å²) in [5.74, 6) is 0. The molecule has 1 fully saturated rings. The van der Waals surface area contributed by atoms with Crippen molar-refractivity contribution in [3.05, 3.63) is 29.6 Å². The van der Waals surface area contributed by atoms with Gasteiger partial charge in [0.25, 0.3) is 0 Å². The highest BCUT2D eigenvalue weighted by Gasteiger charge is 2.27. The fourth-order valence-corrected chi connectivity index (χ4v) is 2.52. The molecule has 0 bridgehead atoms. The molecule has 2 unspecified atom stereocenters. The predicted octanol–water partition coefficient (Wildman–Crippen LogP) is 1.33. The summed E-state index contributed by atoms with van der Waals surface area (Å²) in [6.45, 7) is 3.84. The van der Waals surface area contributed by atoms with Crippen LogP contribution in [0, 0.1) is 0 Å². The van der Waals surface area contributed by atoms with Gasteiger partial charge in [0.1, 0.15) is 4.99 Å². The Balaban J connectivity index is 2.04. The first-order valence-electron chi connectivity index (χ1n) is 6.14. The number of rotatable bonds is 4. The number of nitrogens with two attached hydrogens (primary N) is 1. The minimum atomic E-state index is 0.298. The highest BCUT2D eigenvalue weighted by molar-refractivity contribution is 7.80. The zero-order valence-electron chi connectivity index (χ0n) is 10.8. The van der Waals surface area contributed by atoms with Crippen LogP contribution in [0.3, 0.4) is 0 Å². The molecule has 0 aliphatic carbocycles. The first-order chi connectivity index (χ1) is 8.58. The number of likely N-dealkylation sites (N-methyl/N-ethyl adjacent to an activating group) is 1. The van der Waals surface area contributed by atoms with Crippen LogP contribution in [0.2, 0.25) is 0 Å². The van der Waals surface area contributed by atoms with Crippen LogP contribution in [0.15, 0.2) is 18.3 Å². The van der Waals surface area contributed by atoms with Crippen molar-refractivity contribution < 1.29 is 4.74 Å². The molecule has 1 saturated heterocycles. The first kappa shape index (κ1) is 13.4. The summed E-state index contributed by atoms with van der Waals surface area (Å²) in [4.78, 5) is 6.81. The van der Waals surface area contributed by atoms with Crippen molar-refractivity contribution in [2.75, 3.05) is 13.7 Å². The molecule has 0 saturated carbocycles. The number of aromatic nitrogens is 1. The summed E-state index contributed by atoms with van der Waals surface area (Å²) in [5.41, 5.74) is 7.46. The molecule has 18 heavy (non-hydrogen) atoms. The van der Waals surface area contributed by atoms with Crippen LogP contribution in [-0.4, -0.2) is 40.7 Å². The molecule has 2 atom stereocenters. The maximum Gasteiger partial charge on any atom is 0.122 e. The molecule has 1 aliphatic rings. The first-order valence-corrected chi connectivity index (χ1v) is 6.55. The number of hydrogen-bond donors (Lipinski definition) is 1. The van der Waals surface area contributed by atoms with E-state index in [1.807, 2.05) is 12.1 Å². The number of thiocarbonyl (C=S) groups is 1. The van der Waals surface area contributed by atoms with Gasteiger partial charge in [0.05, 0.1) is 11.8 Å². The van der Waals surface area contributed by atoms with Crippen molar-refractivity contribution in [1.29, 1.82) is 0 Å². The largest absolute Gasteiger partial charge is 0.388 e. The van der Waals surface area contributed by atoms with Crippen LogP contribution in [0.4, 0.5) is 0 Å². The molecule has 1 aromatic rings. The second-order valence-corrected chi connectivity index (χ2v) is 5.20. The molecule has 0 radical (unpaired) electrons. The van der Waals surface area contributed by atoms with Gasteiger partial charge in [0.15, 0.2) is 0 Å². The molecule has 1 aliphatic heterocycles. The Labute approximate surface area is 113 Å². The lowest BCUT2D eigenvalue weighted by Gasteiger charge is -2.26. The number of pyridine rings is 1. The Hall–Kier alpha value is -1.04. The third kappa shape index (κ3) is 3.04. The summed E-state index contributed by atoms with van der Waals surface area (Å²) in [7, 11) is 2.12. The molecule has 0 aromatic carbocycles. The summed E-state index contributed by atoms with van der Waals surface area (Å²) in [6.07, 6.45) is 3.14. The number of nitrogens with zero attached hydrogens (tertiary/aromatic N) is 2. The van der Waals surface area contributed by atoms with Gasteiger partial charge in [-0.15, -0.1) is 0 Å². The Bertz CT molecular complexity index is 438. The number of hydrogen-bond acceptors (Lipinski definition) is 4. The van der Waals surface area contributed by atoms with Crippen LogP contribution < -0.4 is 5.73 Å². The average molecular weight is 265 g/mol. The average Bonchev–Trinajstić information content (AvgIpc) is 2.76. The topological polar surface area (TPSA) is 51.4 Å². The standard InChI is InChI=1S/C13H19N3OS/c1-9-12(4-6-17-9)16(2)8-10-3-5-15-11(7-10)13(14)18/h3,5,7,9,12H,4,6,8H2,1-2H3,(H2,14,18). The smallest absolute Gasteiger partial charge is 0.122 e. The van der Waals surface area contributed by atoms with Crippen molar-refractivity contribution in [3.8, 4) is 0 Å². The fraction of sp³-hybridized carbons (Fsp3) is 0.538. The van der Waals surface area contributed by atoms with Crippen molar-refractivity contribution in [2.45, 2.75) is 32.0 Å². The Morgan fingerprint density at radius 2 is 2.44 bits per heavy atom.